The highest BCUT2D eigenvalue weighted by molar-refractivity contribution is 6.30. The Kier molecular flexibility index (Phi) is 6.06. The van der Waals surface area contributed by atoms with Gasteiger partial charge in [-0.25, -0.2) is 9.38 Å². The normalized spacial score (nSPS) is 12.0. The van der Waals surface area contributed by atoms with Crippen LogP contribution in [0.25, 0.3) is 0 Å². The third kappa shape index (κ3) is 5.19. The second-order valence-corrected chi connectivity index (χ2v) is 6.02. The summed E-state index contributed by atoms with van der Waals surface area (Å²) in [7, 11) is 1.69. The van der Waals surface area contributed by atoms with Crippen LogP contribution in [0.3, 0.4) is 0 Å². The quantitative estimate of drug-likeness (QED) is 0.373. The Bertz CT molecular complexity index is 772. The lowest BCUT2D eigenvalue weighted by Crippen LogP contribution is -2.14. The van der Waals surface area contributed by atoms with E-state index in [2.05, 4.69) is 4.99 Å². The van der Waals surface area contributed by atoms with E-state index in [9.17, 15) is 17.6 Å². The molecule has 0 unspecified atom stereocenters. The Morgan fingerprint density at radius 2 is 1.92 bits per heavy atom. The third-order valence-corrected chi connectivity index (χ3v) is 3.89. The van der Waals surface area contributed by atoms with Gasteiger partial charge in [0.25, 0.3) is 0 Å². The molecular formula is C18H17ClF4N2. The van der Waals surface area contributed by atoms with Crippen molar-refractivity contribution >= 4 is 23.6 Å². The highest BCUT2D eigenvalue weighted by atomic mass is 35.5. The highest BCUT2D eigenvalue weighted by Gasteiger charge is 2.34. The van der Waals surface area contributed by atoms with Crippen LogP contribution in [0.5, 0.6) is 0 Å². The van der Waals surface area contributed by atoms with Gasteiger partial charge < -0.3 is 4.90 Å². The zero-order valence-electron chi connectivity index (χ0n) is 13.7. The second-order valence-electron chi connectivity index (χ2n) is 5.58. The van der Waals surface area contributed by atoms with E-state index in [4.69, 9.17) is 11.6 Å². The fourth-order valence-electron chi connectivity index (χ4n) is 2.22. The summed E-state index contributed by atoms with van der Waals surface area (Å²) >= 11 is 5.86. The van der Waals surface area contributed by atoms with Gasteiger partial charge in [0.1, 0.15) is 11.5 Å². The fourth-order valence-corrected chi connectivity index (χ4v) is 2.43. The molecule has 0 radical (unpaired) electrons. The summed E-state index contributed by atoms with van der Waals surface area (Å²) in [6.07, 6.45) is -3.39. The first-order valence-corrected chi connectivity index (χ1v) is 7.97. The number of rotatable bonds is 5. The predicted octanol–water partition coefficient (Wildman–Crippen LogP) is 5.70. The Labute approximate surface area is 148 Å². The molecule has 0 aliphatic carbocycles. The molecule has 0 saturated heterocycles. The number of nitrogens with zero attached hydrogens (tertiary/aromatic N) is 2. The van der Waals surface area contributed by atoms with Gasteiger partial charge in [-0.3, -0.25) is 0 Å². The molecular weight excluding hydrogens is 356 g/mol. The Morgan fingerprint density at radius 3 is 2.52 bits per heavy atom. The Morgan fingerprint density at radius 1 is 1.20 bits per heavy atom. The number of halogens is 5. The van der Waals surface area contributed by atoms with Gasteiger partial charge in [-0.05, 0) is 48.7 Å². The molecule has 0 heterocycles. The van der Waals surface area contributed by atoms with Crippen molar-refractivity contribution in [2.24, 2.45) is 4.99 Å². The predicted molar refractivity (Wildman–Crippen MR) is 92.1 cm³/mol. The standard InChI is InChI=1S/C18H17ClF4N2/c1-3-25(2)11-24-17-10-15(18(21,22)23)13(9-16(17)20)7-12-5-4-6-14(19)8-12/h4-6,8-11H,3,7H2,1-2H3. The molecule has 0 N–H and O–H groups in total. The summed E-state index contributed by atoms with van der Waals surface area (Å²) in [5.41, 5.74) is -0.836. The van der Waals surface area contributed by atoms with E-state index in [0.717, 1.165) is 12.1 Å². The average Bonchev–Trinajstić information content (AvgIpc) is 2.52. The summed E-state index contributed by atoms with van der Waals surface area (Å²) in [5, 5.41) is 0.412. The van der Waals surface area contributed by atoms with Crippen molar-refractivity contribution < 1.29 is 17.6 Å². The molecule has 0 saturated carbocycles. The SMILES string of the molecule is CCN(C)C=Nc1cc(C(F)(F)F)c(Cc2cccc(Cl)c2)cc1F. The molecule has 0 aliphatic rings. The monoisotopic (exact) mass is 372 g/mol. The van der Waals surface area contributed by atoms with Crippen LogP contribution >= 0.6 is 11.6 Å². The average molecular weight is 373 g/mol. The molecule has 0 amide bonds. The molecule has 0 atom stereocenters. The van der Waals surface area contributed by atoms with Gasteiger partial charge in [0, 0.05) is 18.6 Å². The lowest BCUT2D eigenvalue weighted by Gasteiger charge is -2.15. The molecule has 2 rings (SSSR count). The zero-order valence-corrected chi connectivity index (χ0v) is 14.5. The van der Waals surface area contributed by atoms with Gasteiger partial charge in [-0.1, -0.05) is 23.7 Å². The van der Waals surface area contributed by atoms with Crippen molar-refractivity contribution in [1.29, 1.82) is 0 Å². The van der Waals surface area contributed by atoms with Gasteiger partial charge in [0.15, 0.2) is 0 Å². The van der Waals surface area contributed by atoms with E-state index in [1.54, 1.807) is 36.2 Å². The van der Waals surface area contributed by atoms with Gasteiger partial charge in [0.05, 0.1) is 11.9 Å². The van der Waals surface area contributed by atoms with Crippen LogP contribution in [0.4, 0.5) is 23.2 Å². The first kappa shape index (κ1) is 19.2. The number of aliphatic imine (C=N–C) groups is 1. The Hall–Kier alpha value is -2.08. The second kappa shape index (κ2) is 7.87. The molecule has 0 fully saturated rings. The molecule has 25 heavy (non-hydrogen) atoms. The summed E-state index contributed by atoms with van der Waals surface area (Å²) in [6, 6.07) is 8.10. The maximum atomic E-state index is 14.2. The fraction of sp³-hybridized carbons (Fsp3) is 0.278. The number of benzene rings is 2. The minimum atomic E-state index is -4.61. The smallest absolute Gasteiger partial charge is 0.366 e. The van der Waals surface area contributed by atoms with Crippen LogP contribution in [0, 0.1) is 5.82 Å². The van der Waals surface area contributed by atoms with E-state index < -0.39 is 17.6 Å². The minimum absolute atomic E-state index is 0.0782. The maximum absolute atomic E-state index is 14.2. The van der Waals surface area contributed by atoms with Crippen LogP contribution in [-0.2, 0) is 12.6 Å². The number of alkyl halides is 3. The summed E-state index contributed by atoms with van der Waals surface area (Å²) in [5.74, 6) is -0.800. The lowest BCUT2D eigenvalue weighted by atomic mass is 9.98. The number of hydrogen-bond acceptors (Lipinski definition) is 1. The van der Waals surface area contributed by atoms with E-state index in [-0.39, 0.29) is 17.7 Å². The Balaban J connectivity index is 2.45. The van der Waals surface area contributed by atoms with Crippen LogP contribution < -0.4 is 0 Å². The highest BCUT2D eigenvalue weighted by Crippen LogP contribution is 2.37. The molecule has 2 aromatic carbocycles. The maximum Gasteiger partial charge on any atom is 0.416 e. The van der Waals surface area contributed by atoms with Crippen LogP contribution in [0.2, 0.25) is 5.02 Å². The van der Waals surface area contributed by atoms with Crippen molar-refractivity contribution in [1.82, 2.24) is 4.90 Å². The lowest BCUT2D eigenvalue weighted by molar-refractivity contribution is -0.138. The van der Waals surface area contributed by atoms with Gasteiger partial charge in [0.2, 0.25) is 0 Å². The van der Waals surface area contributed by atoms with Crippen LogP contribution in [0.1, 0.15) is 23.6 Å². The minimum Gasteiger partial charge on any atom is -0.366 e. The van der Waals surface area contributed by atoms with Crippen LogP contribution in [0.15, 0.2) is 41.4 Å². The summed E-state index contributed by atoms with van der Waals surface area (Å²) in [6.45, 7) is 2.45. The van der Waals surface area contributed by atoms with E-state index in [0.29, 0.717) is 17.1 Å². The van der Waals surface area contributed by atoms with Crippen molar-refractivity contribution in [3.8, 4) is 0 Å². The first-order valence-electron chi connectivity index (χ1n) is 7.59. The van der Waals surface area contributed by atoms with Gasteiger partial charge in [-0.15, -0.1) is 0 Å². The van der Waals surface area contributed by atoms with Crippen molar-refractivity contribution in [2.45, 2.75) is 19.5 Å². The third-order valence-electron chi connectivity index (χ3n) is 3.65. The molecule has 134 valence electrons. The molecule has 2 aromatic rings. The molecule has 7 heteroatoms. The first-order chi connectivity index (χ1) is 11.7. The van der Waals surface area contributed by atoms with Crippen LogP contribution in [-0.4, -0.2) is 24.8 Å². The largest absolute Gasteiger partial charge is 0.416 e. The molecule has 0 aromatic heterocycles. The van der Waals surface area contributed by atoms with Gasteiger partial charge >= 0.3 is 6.18 Å². The van der Waals surface area contributed by atoms with Crippen molar-refractivity contribution in [3.63, 3.8) is 0 Å². The van der Waals surface area contributed by atoms with E-state index in [1.807, 2.05) is 6.92 Å². The van der Waals surface area contributed by atoms with Gasteiger partial charge in [-0.2, -0.15) is 13.2 Å². The molecule has 0 aliphatic heterocycles. The molecule has 0 spiro atoms. The van der Waals surface area contributed by atoms with E-state index >= 15 is 0 Å². The van der Waals surface area contributed by atoms with Crippen molar-refractivity contribution in [2.75, 3.05) is 13.6 Å². The van der Waals surface area contributed by atoms with Crippen molar-refractivity contribution in [3.05, 3.63) is 63.9 Å². The zero-order chi connectivity index (χ0) is 18.6. The molecule has 2 nitrogen and oxygen atoms in total. The summed E-state index contributed by atoms with van der Waals surface area (Å²) in [4.78, 5) is 5.45. The number of hydrogen-bond donors (Lipinski definition) is 0. The summed E-state index contributed by atoms with van der Waals surface area (Å²) < 4.78 is 54.4. The topological polar surface area (TPSA) is 15.6 Å². The van der Waals surface area contributed by atoms with E-state index in [1.165, 1.54) is 6.34 Å². The molecule has 0 bridgehead atoms.